The lowest BCUT2D eigenvalue weighted by molar-refractivity contribution is 0.0810. The van der Waals surface area contributed by atoms with Crippen LogP contribution >= 0.6 is 0 Å². The molecule has 192 valence electrons. The first kappa shape index (κ1) is 26.9. The Balaban J connectivity index is 2.09. The van der Waals surface area contributed by atoms with Gasteiger partial charge in [0, 0.05) is 37.2 Å². The molecule has 2 aromatic rings. The topological polar surface area (TPSA) is 99.2 Å². The van der Waals surface area contributed by atoms with E-state index in [1.54, 1.807) is 38.2 Å². The van der Waals surface area contributed by atoms with Gasteiger partial charge in [0.1, 0.15) is 22.6 Å². The van der Waals surface area contributed by atoms with Gasteiger partial charge in [-0.2, -0.15) is 4.31 Å². The lowest BCUT2D eigenvalue weighted by Gasteiger charge is -2.37. The van der Waals surface area contributed by atoms with Gasteiger partial charge in [-0.25, -0.2) is 17.6 Å². The first-order valence-electron chi connectivity index (χ1n) is 11.7. The number of ether oxygens (including phenoxy) is 1. The number of amides is 2. The number of hydrogen-bond donors (Lipinski definition) is 2. The molecule has 1 aliphatic rings. The zero-order valence-electron chi connectivity index (χ0n) is 20.7. The zero-order valence-corrected chi connectivity index (χ0v) is 21.5. The smallest absolute Gasteiger partial charge is 0.317 e. The normalized spacial score (nSPS) is 20.8. The van der Waals surface area contributed by atoms with Crippen molar-refractivity contribution in [3.05, 3.63) is 48.3 Å². The molecule has 35 heavy (non-hydrogen) atoms. The van der Waals surface area contributed by atoms with Crippen LogP contribution in [0.5, 0.6) is 5.75 Å². The highest BCUT2D eigenvalue weighted by molar-refractivity contribution is 7.89. The molecule has 0 unspecified atom stereocenters. The van der Waals surface area contributed by atoms with E-state index < -0.39 is 28.0 Å². The van der Waals surface area contributed by atoms with E-state index in [1.807, 2.05) is 20.8 Å². The molecule has 2 aromatic carbocycles. The maximum atomic E-state index is 14.5. The van der Waals surface area contributed by atoms with Crippen molar-refractivity contribution >= 4 is 16.1 Å². The second-order valence-electron chi connectivity index (χ2n) is 9.37. The molecule has 2 N–H and O–H groups in total. The van der Waals surface area contributed by atoms with Crippen LogP contribution in [0.1, 0.15) is 27.7 Å². The van der Waals surface area contributed by atoms with Crippen LogP contribution in [0.15, 0.2) is 47.4 Å². The van der Waals surface area contributed by atoms with Gasteiger partial charge in [0.25, 0.3) is 0 Å². The fourth-order valence-corrected chi connectivity index (χ4v) is 5.84. The molecule has 10 heteroatoms. The van der Waals surface area contributed by atoms with E-state index in [9.17, 15) is 22.7 Å². The third kappa shape index (κ3) is 5.94. The highest BCUT2D eigenvalue weighted by Gasteiger charge is 2.38. The Hall–Kier alpha value is -2.69. The lowest BCUT2D eigenvalue weighted by atomic mass is 10.0. The van der Waals surface area contributed by atoms with E-state index in [4.69, 9.17) is 4.74 Å². The summed E-state index contributed by atoms with van der Waals surface area (Å²) in [5.41, 5.74) is 0.786. The van der Waals surface area contributed by atoms with Gasteiger partial charge < -0.3 is 20.1 Å². The Morgan fingerprint density at radius 2 is 1.94 bits per heavy atom. The summed E-state index contributed by atoms with van der Waals surface area (Å²) in [6.45, 7) is 7.15. The van der Waals surface area contributed by atoms with Crippen LogP contribution in [0.3, 0.4) is 0 Å². The van der Waals surface area contributed by atoms with Crippen LogP contribution in [0.2, 0.25) is 0 Å². The molecule has 0 fully saturated rings. The number of hydrogen-bond acceptors (Lipinski definition) is 5. The third-order valence-corrected chi connectivity index (χ3v) is 8.08. The summed E-state index contributed by atoms with van der Waals surface area (Å²) in [6.07, 6.45) is -0.559. The molecule has 1 aliphatic heterocycles. The quantitative estimate of drug-likeness (QED) is 0.625. The number of halogens is 1. The van der Waals surface area contributed by atoms with E-state index in [1.165, 1.54) is 27.4 Å². The van der Waals surface area contributed by atoms with Crippen molar-refractivity contribution in [3.8, 4) is 16.9 Å². The first-order chi connectivity index (χ1) is 16.4. The first-order valence-corrected chi connectivity index (χ1v) is 13.1. The fourth-order valence-electron chi connectivity index (χ4n) is 4.02. The van der Waals surface area contributed by atoms with Gasteiger partial charge in [-0.15, -0.1) is 0 Å². The standard InChI is InChI=1S/C25H34FN3O5S/c1-16(2)27-25(31)28(5)14-23-17(3)13-29(18(4)15-30)35(32,33)24-11-10-19(12-22(24)34-23)20-8-6-7-9-21(20)26/h6-12,16-18,23,30H,13-15H2,1-5H3,(H,27,31)/t17-,18+,23+/m0/s1. The van der Waals surface area contributed by atoms with Gasteiger partial charge in [0.15, 0.2) is 0 Å². The molecular weight excluding hydrogens is 473 g/mol. The summed E-state index contributed by atoms with van der Waals surface area (Å²) < 4.78 is 49.2. The average Bonchev–Trinajstić information content (AvgIpc) is 2.80. The number of rotatable bonds is 6. The third-order valence-electron chi connectivity index (χ3n) is 6.06. The number of urea groups is 1. The van der Waals surface area contributed by atoms with Crippen molar-refractivity contribution in [2.75, 3.05) is 26.7 Å². The second kappa shape index (κ2) is 10.9. The lowest BCUT2D eigenvalue weighted by Crippen LogP contribution is -2.51. The van der Waals surface area contributed by atoms with Gasteiger partial charge >= 0.3 is 6.03 Å². The molecule has 2 amide bonds. The Labute approximate surface area is 206 Å². The Morgan fingerprint density at radius 3 is 2.57 bits per heavy atom. The highest BCUT2D eigenvalue weighted by atomic mass is 32.2. The minimum absolute atomic E-state index is 0.0456. The second-order valence-corrected chi connectivity index (χ2v) is 11.2. The predicted octanol–water partition coefficient (Wildman–Crippen LogP) is 3.31. The van der Waals surface area contributed by atoms with Gasteiger partial charge in [0.2, 0.25) is 10.0 Å². The minimum Gasteiger partial charge on any atom is -0.487 e. The number of aliphatic hydroxyl groups excluding tert-OH is 1. The summed E-state index contributed by atoms with van der Waals surface area (Å²) in [5.74, 6) is -0.680. The molecular formula is C25H34FN3O5S. The predicted molar refractivity (Wildman–Crippen MR) is 132 cm³/mol. The molecule has 3 rings (SSSR count). The summed E-state index contributed by atoms with van der Waals surface area (Å²) in [7, 11) is -2.37. The van der Waals surface area contributed by atoms with E-state index in [-0.39, 0.29) is 48.3 Å². The number of benzene rings is 2. The number of aliphatic hydroxyl groups is 1. The number of nitrogens with one attached hydrogen (secondary N) is 1. The summed E-state index contributed by atoms with van der Waals surface area (Å²) in [5, 5.41) is 12.6. The Kier molecular flexibility index (Phi) is 8.40. The largest absolute Gasteiger partial charge is 0.487 e. The van der Waals surface area contributed by atoms with Crippen molar-refractivity contribution in [1.82, 2.24) is 14.5 Å². The number of carbonyl (C=O) groups excluding carboxylic acids is 1. The van der Waals surface area contributed by atoms with Crippen molar-refractivity contribution in [3.63, 3.8) is 0 Å². The van der Waals surface area contributed by atoms with Crippen LogP contribution in [0, 0.1) is 11.7 Å². The molecule has 0 aromatic heterocycles. The van der Waals surface area contributed by atoms with E-state index in [2.05, 4.69) is 5.32 Å². The van der Waals surface area contributed by atoms with Crippen LogP contribution < -0.4 is 10.1 Å². The van der Waals surface area contributed by atoms with Crippen molar-refractivity contribution < 1.29 is 27.4 Å². The number of carbonyl (C=O) groups is 1. The SMILES string of the molecule is CC(C)NC(=O)N(C)C[C@H]1Oc2cc(-c3ccccc3F)ccc2S(=O)(=O)N([C@H](C)CO)C[C@@H]1C. The molecule has 1 heterocycles. The molecule has 8 nitrogen and oxygen atoms in total. The van der Waals surface area contributed by atoms with E-state index in [0.717, 1.165) is 0 Å². The van der Waals surface area contributed by atoms with Gasteiger partial charge in [0.05, 0.1) is 13.2 Å². The van der Waals surface area contributed by atoms with Gasteiger partial charge in [-0.05, 0) is 44.5 Å². The van der Waals surface area contributed by atoms with E-state index >= 15 is 0 Å². The summed E-state index contributed by atoms with van der Waals surface area (Å²) in [6, 6.07) is 9.71. The average molecular weight is 508 g/mol. The molecule has 0 radical (unpaired) electrons. The summed E-state index contributed by atoms with van der Waals surface area (Å²) >= 11 is 0. The molecule has 0 saturated heterocycles. The molecule has 3 atom stereocenters. The monoisotopic (exact) mass is 507 g/mol. The number of likely N-dealkylation sites (N-methyl/N-ethyl adjacent to an activating group) is 1. The molecule has 0 bridgehead atoms. The summed E-state index contributed by atoms with van der Waals surface area (Å²) in [4.78, 5) is 13.9. The van der Waals surface area contributed by atoms with Crippen LogP contribution in [0.25, 0.3) is 11.1 Å². The van der Waals surface area contributed by atoms with Crippen LogP contribution in [-0.2, 0) is 10.0 Å². The van der Waals surface area contributed by atoms with Crippen LogP contribution in [-0.4, -0.2) is 73.7 Å². The van der Waals surface area contributed by atoms with Gasteiger partial charge in [-0.1, -0.05) is 31.2 Å². The van der Waals surface area contributed by atoms with Crippen LogP contribution in [0.4, 0.5) is 9.18 Å². The maximum Gasteiger partial charge on any atom is 0.317 e. The maximum absolute atomic E-state index is 14.5. The minimum atomic E-state index is -4.02. The number of fused-ring (bicyclic) bond motifs is 1. The molecule has 0 aliphatic carbocycles. The highest BCUT2D eigenvalue weighted by Crippen LogP contribution is 2.37. The zero-order chi connectivity index (χ0) is 25.9. The van der Waals surface area contributed by atoms with E-state index in [0.29, 0.717) is 11.1 Å². The van der Waals surface area contributed by atoms with Gasteiger partial charge in [-0.3, -0.25) is 0 Å². The number of nitrogens with zero attached hydrogens (tertiary/aromatic N) is 2. The van der Waals surface area contributed by atoms with Crippen molar-refractivity contribution in [1.29, 1.82) is 0 Å². The Morgan fingerprint density at radius 1 is 1.26 bits per heavy atom. The molecule has 0 spiro atoms. The van der Waals surface area contributed by atoms with Crippen molar-refractivity contribution in [2.24, 2.45) is 5.92 Å². The molecule has 0 saturated carbocycles. The Bertz CT molecular complexity index is 1160. The van der Waals surface area contributed by atoms with Crippen molar-refractivity contribution in [2.45, 2.75) is 50.8 Å². The fraction of sp³-hybridized carbons (Fsp3) is 0.480. The number of sulfonamides is 1.